The van der Waals surface area contributed by atoms with E-state index in [0.29, 0.717) is 24.5 Å². The summed E-state index contributed by atoms with van der Waals surface area (Å²) in [6, 6.07) is 0. The number of carbonyl (C=O) groups is 2. The second kappa shape index (κ2) is 3.65. The van der Waals surface area contributed by atoms with Crippen LogP contribution in [0.15, 0.2) is 0 Å². The SMILES string of the molecule is CC(=O)CC1CCCC(=O)C1. The van der Waals surface area contributed by atoms with Crippen molar-refractivity contribution in [1.82, 2.24) is 0 Å². The van der Waals surface area contributed by atoms with Crippen LogP contribution in [0.2, 0.25) is 0 Å². The molecule has 1 atom stereocenters. The summed E-state index contributed by atoms with van der Waals surface area (Å²) in [6.07, 6.45) is 4.02. The van der Waals surface area contributed by atoms with E-state index in [9.17, 15) is 9.59 Å². The first-order chi connectivity index (χ1) is 5.18. The summed E-state index contributed by atoms with van der Waals surface area (Å²) in [7, 11) is 0. The van der Waals surface area contributed by atoms with Gasteiger partial charge in [-0.1, -0.05) is 0 Å². The Morgan fingerprint density at radius 2 is 2.36 bits per heavy atom. The van der Waals surface area contributed by atoms with Gasteiger partial charge in [0.1, 0.15) is 11.6 Å². The molecule has 0 bridgehead atoms. The van der Waals surface area contributed by atoms with Gasteiger partial charge in [0.05, 0.1) is 0 Å². The molecule has 0 aromatic rings. The molecule has 0 aliphatic heterocycles. The van der Waals surface area contributed by atoms with Crippen LogP contribution in [-0.2, 0) is 9.59 Å². The normalized spacial score (nSPS) is 25.2. The highest BCUT2D eigenvalue weighted by Crippen LogP contribution is 2.23. The van der Waals surface area contributed by atoms with Crippen LogP contribution in [0.25, 0.3) is 0 Å². The van der Waals surface area contributed by atoms with Crippen molar-refractivity contribution in [2.75, 3.05) is 0 Å². The Hall–Kier alpha value is -0.660. The van der Waals surface area contributed by atoms with E-state index < -0.39 is 0 Å². The van der Waals surface area contributed by atoms with Crippen molar-refractivity contribution < 1.29 is 9.59 Å². The molecule has 1 fully saturated rings. The molecule has 2 nitrogen and oxygen atoms in total. The van der Waals surface area contributed by atoms with Crippen LogP contribution >= 0.6 is 0 Å². The van der Waals surface area contributed by atoms with Crippen LogP contribution in [0.4, 0.5) is 0 Å². The molecule has 0 radical (unpaired) electrons. The number of carbonyl (C=O) groups excluding carboxylic acids is 2. The highest BCUT2D eigenvalue weighted by atomic mass is 16.1. The molecule has 0 N–H and O–H groups in total. The Morgan fingerprint density at radius 3 is 2.91 bits per heavy atom. The van der Waals surface area contributed by atoms with Gasteiger partial charge in [-0.25, -0.2) is 0 Å². The molecule has 0 spiro atoms. The molecule has 1 aliphatic rings. The van der Waals surface area contributed by atoms with Crippen molar-refractivity contribution in [3.05, 3.63) is 0 Å². The number of hydrogen-bond acceptors (Lipinski definition) is 2. The molecule has 1 saturated carbocycles. The van der Waals surface area contributed by atoms with Gasteiger partial charge in [-0.2, -0.15) is 0 Å². The van der Waals surface area contributed by atoms with Crippen molar-refractivity contribution in [3.8, 4) is 0 Å². The molecule has 1 unspecified atom stereocenters. The lowest BCUT2D eigenvalue weighted by atomic mass is 9.85. The lowest BCUT2D eigenvalue weighted by Gasteiger charge is -2.18. The molecule has 0 aromatic heterocycles. The van der Waals surface area contributed by atoms with Crippen LogP contribution in [0.5, 0.6) is 0 Å². The first-order valence-electron chi connectivity index (χ1n) is 4.19. The van der Waals surface area contributed by atoms with Crippen molar-refractivity contribution >= 4 is 11.6 Å². The smallest absolute Gasteiger partial charge is 0.133 e. The van der Waals surface area contributed by atoms with E-state index in [1.54, 1.807) is 6.92 Å². The number of ketones is 2. The summed E-state index contributed by atoms with van der Waals surface area (Å²) in [5, 5.41) is 0. The summed E-state index contributed by atoms with van der Waals surface area (Å²) in [5.41, 5.74) is 0. The van der Waals surface area contributed by atoms with Gasteiger partial charge in [0, 0.05) is 19.3 Å². The summed E-state index contributed by atoms with van der Waals surface area (Å²) >= 11 is 0. The van der Waals surface area contributed by atoms with Gasteiger partial charge in [0.2, 0.25) is 0 Å². The van der Waals surface area contributed by atoms with E-state index in [1.165, 1.54) is 0 Å². The standard InChI is InChI=1S/C9H14O2/c1-7(10)5-8-3-2-4-9(11)6-8/h8H,2-6H2,1H3. The third-order valence-corrected chi connectivity index (χ3v) is 2.16. The van der Waals surface area contributed by atoms with Crippen molar-refractivity contribution in [2.24, 2.45) is 5.92 Å². The molecule has 0 amide bonds. The predicted molar refractivity (Wildman–Crippen MR) is 42.3 cm³/mol. The number of Topliss-reactive ketones (excluding diaryl/α,β-unsaturated/α-hetero) is 2. The second-order valence-electron chi connectivity index (χ2n) is 3.41. The lowest BCUT2D eigenvalue weighted by molar-refractivity contribution is -0.122. The topological polar surface area (TPSA) is 34.1 Å². The predicted octanol–water partition coefficient (Wildman–Crippen LogP) is 1.72. The van der Waals surface area contributed by atoms with E-state index in [1.807, 2.05) is 0 Å². The van der Waals surface area contributed by atoms with Gasteiger partial charge in [-0.15, -0.1) is 0 Å². The molecule has 2 heteroatoms. The molecule has 62 valence electrons. The Morgan fingerprint density at radius 1 is 1.64 bits per heavy atom. The minimum atomic E-state index is 0.213. The fourth-order valence-corrected chi connectivity index (χ4v) is 1.69. The monoisotopic (exact) mass is 154 g/mol. The zero-order valence-electron chi connectivity index (χ0n) is 6.93. The van der Waals surface area contributed by atoms with E-state index in [0.717, 1.165) is 19.3 Å². The number of rotatable bonds is 2. The van der Waals surface area contributed by atoms with Crippen LogP contribution in [0, 0.1) is 5.92 Å². The van der Waals surface area contributed by atoms with E-state index in [2.05, 4.69) is 0 Å². The Bertz CT molecular complexity index is 170. The molecule has 1 aliphatic carbocycles. The van der Waals surface area contributed by atoms with Crippen LogP contribution in [0.3, 0.4) is 0 Å². The quantitative estimate of drug-likeness (QED) is 0.607. The summed E-state index contributed by atoms with van der Waals surface area (Å²) in [4.78, 5) is 21.7. The molecular formula is C9H14O2. The van der Waals surface area contributed by atoms with Gasteiger partial charge >= 0.3 is 0 Å². The highest BCUT2D eigenvalue weighted by Gasteiger charge is 2.20. The first kappa shape index (κ1) is 8.44. The van der Waals surface area contributed by atoms with E-state index in [-0.39, 0.29) is 5.78 Å². The Kier molecular flexibility index (Phi) is 2.80. The van der Waals surface area contributed by atoms with Gasteiger partial charge in [-0.05, 0) is 25.7 Å². The maximum Gasteiger partial charge on any atom is 0.133 e. The van der Waals surface area contributed by atoms with Gasteiger partial charge in [0.15, 0.2) is 0 Å². The van der Waals surface area contributed by atoms with Gasteiger partial charge in [0.25, 0.3) is 0 Å². The summed E-state index contributed by atoms with van der Waals surface area (Å²) in [5.74, 6) is 0.904. The average molecular weight is 154 g/mol. The molecule has 11 heavy (non-hydrogen) atoms. The largest absolute Gasteiger partial charge is 0.300 e. The maximum absolute atomic E-state index is 10.9. The van der Waals surface area contributed by atoms with Crippen LogP contribution in [0.1, 0.15) is 39.0 Å². The minimum Gasteiger partial charge on any atom is -0.300 e. The molecule has 0 saturated heterocycles. The zero-order chi connectivity index (χ0) is 8.27. The fourth-order valence-electron chi connectivity index (χ4n) is 1.69. The Balaban J connectivity index is 2.34. The van der Waals surface area contributed by atoms with Crippen molar-refractivity contribution in [1.29, 1.82) is 0 Å². The van der Waals surface area contributed by atoms with E-state index in [4.69, 9.17) is 0 Å². The molecule has 1 rings (SSSR count). The maximum atomic E-state index is 10.9. The van der Waals surface area contributed by atoms with Gasteiger partial charge in [-0.3, -0.25) is 4.79 Å². The summed E-state index contributed by atoms with van der Waals surface area (Å²) < 4.78 is 0. The second-order valence-corrected chi connectivity index (χ2v) is 3.41. The van der Waals surface area contributed by atoms with E-state index >= 15 is 0 Å². The third kappa shape index (κ3) is 2.83. The van der Waals surface area contributed by atoms with Crippen LogP contribution in [-0.4, -0.2) is 11.6 Å². The fraction of sp³-hybridized carbons (Fsp3) is 0.778. The summed E-state index contributed by atoms with van der Waals surface area (Å²) in [6.45, 7) is 1.60. The van der Waals surface area contributed by atoms with Crippen molar-refractivity contribution in [3.63, 3.8) is 0 Å². The van der Waals surface area contributed by atoms with Crippen molar-refractivity contribution in [2.45, 2.75) is 39.0 Å². The molecular weight excluding hydrogens is 140 g/mol. The minimum absolute atomic E-state index is 0.213. The Labute approximate surface area is 67.0 Å². The average Bonchev–Trinajstić information content (AvgIpc) is 1.85. The zero-order valence-corrected chi connectivity index (χ0v) is 6.93. The van der Waals surface area contributed by atoms with Crippen LogP contribution < -0.4 is 0 Å². The molecule has 0 heterocycles. The number of hydrogen-bond donors (Lipinski definition) is 0. The molecule has 0 aromatic carbocycles. The lowest BCUT2D eigenvalue weighted by Crippen LogP contribution is -2.16. The third-order valence-electron chi connectivity index (χ3n) is 2.16. The van der Waals surface area contributed by atoms with Gasteiger partial charge < -0.3 is 4.79 Å². The highest BCUT2D eigenvalue weighted by molar-refractivity contribution is 5.81. The first-order valence-corrected chi connectivity index (χ1v) is 4.19.